The molecule has 0 atom stereocenters. The number of rotatable bonds is 0. The number of halogens is 3. The number of hydrogen-bond donors (Lipinski definition) is 0. The summed E-state index contributed by atoms with van der Waals surface area (Å²) < 4.78 is 37.4. The van der Waals surface area contributed by atoms with E-state index in [0.29, 0.717) is 5.39 Å². The van der Waals surface area contributed by atoms with Crippen LogP contribution in [0.3, 0.4) is 0 Å². The lowest BCUT2D eigenvalue weighted by atomic mass is 10.1. The topological polar surface area (TPSA) is 12.9 Å². The lowest BCUT2D eigenvalue weighted by Gasteiger charge is -2.08. The largest absolute Gasteiger partial charge is 0.418 e. The van der Waals surface area contributed by atoms with E-state index in [0.717, 1.165) is 6.07 Å². The molecule has 2 aromatic rings. The molecule has 0 bridgehead atoms. The second-order valence-electron chi connectivity index (χ2n) is 2.88. The minimum atomic E-state index is -4.34. The van der Waals surface area contributed by atoms with Crippen molar-refractivity contribution in [3.8, 4) is 0 Å². The second-order valence-corrected chi connectivity index (χ2v) is 2.88. The first kappa shape index (κ1) is 8.99. The Hall–Kier alpha value is -1.58. The summed E-state index contributed by atoms with van der Waals surface area (Å²) in [5.41, 5.74) is -0.682. The Morgan fingerprint density at radius 1 is 1.00 bits per heavy atom. The van der Waals surface area contributed by atoms with Gasteiger partial charge in [-0.3, -0.25) is 4.98 Å². The Kier molecular flexibility index (Phi) is 1.91. The molecule has 0 spiro atoms. The van der Waals surface area contributed by atoms with E-state index in [9.17, 15) is 13.2 Å². The standard InChI is InChI=1S/C10H6F3N/c11-10(12,13)8-5-1-3-7-4-2-6-14-9(7)8/h1-6H. The highest BCUT2D eigenvalue weighted by molar-refractivity contribution is 5.81. The van der Waals surface area contributed by atoms with Crippen molar-refractivity contribution in [1.82, 2.24) is 4.98 Å². The molecule has 14 heavy (non-hydrogen) atoms. The predicted octanol–water partition coefficient (Wildman–Crippen LogP) is 3.25. The number of hydrogen-bond acceptors (Lipinski definition) is 1. The molecule has 1 aromatic heterocycles. The van der Waals surface area contributed by atoms with Crippen LogP contribution in [0.25, 0.3) is 10.9 Å². The number of nitrogens with zero attached hydrogens (tertiary/aromatic N) is 1. The van der Waals surface area contributed by atoms with Gasteiger partial charge < -0.3 is 0 Å². The zero-order valence-electron chi connectivity index (χ0n) is 7.05. The molecule has 0 aliphatic rings. The van der Waals surface area contributed by atoms with Crippen LogP contribution in [-0.2, 0) is 6.18 Å². The second kappa shape index (κ2) is 2.97. The predicted molar refractivity (Wildman–Crippen MR) is 46.7 cm³/mol. The summed E-state index contributed by atoms with van der Waals surface area (Å²) in [4.78, 5) is 3.73. The Labute approximate surface area is 78.2 Å². The molecule has 0 aliphatic heterocycles. The highest BCUT2D eigenvalue weighted by Crippen LogP contribution is 2.33. The first-order chi connectivity index (χ1) is 6.59. The molecule has 0 saturated carbocycles. The van der Waals surface area contributed by atoms with Gasteiger partial charge in [-0.25, -0.2) is 0 Å². The van der Waals surface area contributed by atoms with E-state index in [2.05, 4.69) is 4.98 Å². The SMILES string of the molecule is FC(F)(F)c1cccc2cccnc12. The molecule has 0 aliphatic carbocycles. The van der Waals surface area contributed by atoms with Gasteiger partial charge in [0.25, 0.3) is 0 Å². The van der Waals surface area contributed by atoms with E-state index in [1.807, 2.05) is 0 Å². The fraction of sp³-hybridized carbons (Fsp3) is 0.100. The minimum Gasteiger partial charge on any atom is -0.256 e. The maximum atomic E-state index is 12.5. The Morgan fingerprint density at radius 2 is 1.71 bits per heavy atom. The van der Waals surface area contributed by atoms with Crippen molar-refractivity contribution in [2.24, 2.45) is 0 Å². The minimum absolute atomic E-state index is 0.00231. The molecule has 0 fully saturated rings. The van der Waals surface area contributed by atoms with E-state index in [-0.39, 0.29) is 5.52 Å². The molecule has 0 unspecified atom stereocenters. The van der Waals surface area contributed by atoms with Gasteiger partial charge in [0.1, 0.15) is 0 Å². The van der Waals surface area contributed by atoms with Crippen LogP contribution in [0.1, 0.15) is 5.56 Å². The van der Waals surface area contributed by atoms with Crippen molar-refractivity contribution < 1.29 is 13.2 Å². The van der Waals surface area contributed by atoms with Crippen LogP contribution in [0.4, 0.5) is 13.2 Å². The summed E-state index contributed by atoms with van der Waals surface area (Å²) in [7, 11) is 0. The third-order valence-electron chi connectivity index (χ3n) is 1.94. The fourth-order valence-corrected chi connectivity index (χ4v) is 1.33. The van der Waals surface area contributed by atoms with Crippen LogP contribution in [0.5, 0.6) is 0 Å². The number of para-hydroxylation sites is 1. The molecule has 1 aromatic carbocycles. The molecule has 0 N–H and O–H groups in total. The lowest BCUT2D eigenvalue weighted by molar-refractivity contribution is -0.136. The van der Waals surface area contributed by atoms with Crippen LogP contribution >= 0.6 is 0 Å². The Balaban J connectivity index is 2.78. The summed E-state index contributed by atoms with van der Waals surface area (Å²) in [6, 6.07) is 7.25. The van der Waals surface area contributed by atoms with Gasteiger partial charge in [0.2, 0.25) is 0 Å². The zero-order valence-corrected chi connectivity index (χ0v) is 7.05. The number of pyridine rings is 1. The van der Waals surface area contributed by atoms with Crippen molar-refractivity contribution in [3.05, 3.63) is 42.1 Å². The summed E-state index contributed by atoms with van der Waals surface area (Å²) >= 11 is 0. The molecule has 4 heteroatoms. The van der Waals surface area contributed by atoms with Gasteiger partial charge in [-0.15, -0.1) is 0 Å². The number of fused-ring (bicyclic) bond motifs is 1. The molecule has 1 nitrogen and oxygen atoms in total. The summed E-state index contributed by atoms with van der Waals surface area (Å²) in [5, 5.41) is 0.502. The third kappa shape index (κ3) is 1.43. The van der Waals surface area contributed by atoms with Gasteiger partial charge in [0.05, 0.1) is 11.1 Å². The lowest BCUT2D eigenvalue weighted by Crippen LogP contribution is -2.06. The Morgan fingerprint density at radius 3 is 2.43 bits per heavy atom. The number of aromatic nitrogens is 1. The highest BCUT2D eigenvalue weighted by Gasteiger charge is 2.32. The van der Waals surface area contributed by atoms with Crippen LogP contribution in [0, 0.1) is 0 Å². The normalized spacial score (nSPS) is 11.9. The molecule has 1 heterocycles. The monoisotopic (exact) mass is 197 g/mol. The van der Waals surface area contributed by atoms with Crippen LogP contribution in [0.2, 0.25) is 0 Å². The molecule has 72 valence electrons. The van der Waals surface area contributed by atoms with Crippen molar-refractivity contribution in [1.29, 1.82) is 0 Å². The van der Waals surface area contributed by atoms with Crippen molar-refractivity contribution >= 4 is 10.9 Å². The van der Waals surface area contributed by atoms with Gasteiger partial charge in [0.15, 0.2) is 0 Å². The smallest absolute Gasteiger partial charge is 0.256 e. The molecule has 0 amide bonds. The quantitative estimate of drug-likeness (QED) is 0.631. The average Bonchev–Trinajstić information content (AvgIpc) is 2.15. The summed E-state index contributed by atoms with van der Waals surface area (Å²) in [6.07, 6.45) is -2.98. The molecule has 0 saturated heterocycles. The van der Waals surface area contributed by atoms with Gasteiger partial charge in [-0.05, 0) is 12.1 Å². The van der Waals surface area contributed by atoms with Gasteiger partial charge >= 0.3 is 6.18 Å². The molecule has 2 rings (SSSR count). The zero-order chi connectivity index (χ0) is 10.2. The van der Waals surface area contributed by atoms with Crippen molar-refractivity contribution in [3.63, 3.8) is 0 Å². The maximum absolute atomic E-state index is 12.5. The van der Waals surface area contributed by atoms with Gasteiger partial charge in [0, 0.05) is 11.6 Å². The number of alkyl halides is 3. The Bertz CT molecular complexity index is 457. The van der Waals surface area contributed by atoms with E-state index < -0.39 is 11.7 Å². The molecular formula is C10H6F3N. The molecule has 0 radical (unpaired) electrons. The highest BCUT2D eigenvalue weighted by atomic mass is 19.4. The molecular weight excluding hydrogens is 191 g/mol. The average molecular weight is 197 g/mol. The first-order valence-corrected chi connectivity index (χ1v) is 4.00. The summed E-state index contributed by atoms with van der Waals surface area (Å²) in [5.74, 6) is 0. The third-order valence-corrected chi connectivity index (χ3v) is 1.94. The fourth-order valence-electron chi connectivity index (χ4n) is 1.33. The van der Waals surface area contributed by atoms with Crippen LogP contribution in [0.15, 0.2) is 36.5 Å². The van der Waals surface area contributed by atoms with Crippen LogP contribution in [-0.4, -0.2) is 4.98 Å². The van der Waals surface area contributed by atoms with Crippen molar-refractivity contribution in [2.75, 3.05) is 0 Å². The van der Waals surface area contributed by atoms with E-state index in [1.165, 1.54) is 12.3 Å². The summed E-state index contributed by atoms with van der Waals surface area (Å²) in [6.45, 7) is 0. The van der Waals surface area contributed by atoms with E-state index in [4.69, 9.17) is 0 Å². The van der Waals surface area contributed by atoms with Gasteiger partial charge in [-0.2, -0.15) is 13.2 Å². The van der Waals surface area contributed by atoms with E-state index in [1.54, 1.807) is 18.2 Å². The van der Waals surface area contributed by atoms with Gasteiger partial charge in [-0.1, -0.05) is 18.2 Å². The van der Waals surface area contributed by atoms with Crippen LogP contribution < -0.4 is 0 Å². The maximum Gasteiger partial charge on any atom is 0.418 e. The number of benzene rings is 1. The van der Waals surface area contributed by atoms with E-state index >= 15 is 0 Å². The first-order valence-electron chi connectivity index (χ1n) is 4.00. The van der Waals surface area contributed by atoms with Crippen molar-refractivity contribution in [2.45, 2.75) is 6.18 Å².